The summed E-state index contributed by atoms with van der Waals surface area (Å²) in [5.41, 5.74) is 19.2. The van der Waals surface area contributed by atoms with Crippen LogP contribution in [0, 0.1) is 10.9 Å². The fourth-order valence-electron chi connectivity index (χ4n) is 5.21. The van der Waals surface area contributed by atoms with Crippen molar-refractivity contribution in [2.24, 2.45) is 20.8 Å². The number of nitrogens with one attached hydrogen (secondary N) is 2. The minimum Gasteiger partial charge on any atom is -0.464 e. The summed E-state index contributed by atoms with van der Waals surface area (Å²) in [5, 5.41) is 26.8. The minimum atomic E-state index is 0.375. The first kappa shape index (κ1) is 107. The molecule has 0 fully saturated rings. The van der Waals surface area contributed by atoms with Gasteiger partial charge in [-0.05, 0) is 119 Å². The maximum atomic E-state index is 9.13. The molecule has 17 nitrogen and oxygen atoms in total. The lowest BCUT2D eigenvalue weighted by Crippen LogP contribution is -1.86. The van der Waals surface area contributed by atoms with Gasteiger partial charge in [0.1, 0.15) is 30.0 Å². The molecule has 0 aliphatic heterocycles. The summed E-state index contributed by atoms with van der Waals surface area (Å²) in [7, 11) is 0. The first-order valence-corrected chi connectivity index (χ1v) is 37.2. The van der Waals surface area contributed by atoms with Crippen molar-refractivity contribution < 1.29 is 13.7 Å². The Morgan fingerprint density at radius 3 is 1.54 bits per heavy atom. The molecule has 5 aromatic carbocycles. The van der Waals surface area contributed by atoms with Crippen LogP contribution in [0.3, 0.4) is 0 Å². The Morgan fingerprint density at radius 1 is 0.557 bits per heavy atom. The van der Waals surface area contributed by atoms with E-state index in [1.165, 1.54) is 95.6 Å². The van der Waals surface area contributed by atoms with Crippen LogP contribution in [0.5, 0.6) is 0 Å². The monoisotopic (exact) mass is 1420 g/mol. The fourth-order valence-corrected chi connectivity index (χ4v) is 7.87. The quantitative estimate of drug-likeness (QED) is 0.0646. The van der Waals surface area contributed by atoms with Gasteiger partial charge in [0, 0.05) is 44.7 Å². The van der Waals surface area contributed by atoms with Crippen LogP contribution < -0.4 is 5.73 Å². The van der Waals surface area contributed by atoms with Crippen LogP contribution in [0.4, 0.5) is 0 Å². The van der Waals surface area contributed by atoms with E-state index in [9.17, 15) is 0 Å². The summed E-state index contributed by atoms with van der Waals surface area (Å²) < 4.78 is 24.4. The van der Waals surface area contributed by atoms with Crippen LogP contribution in [0.2, 0.25) is 0 Å². The Morgan fingerprint density at radius 2 is 1.13 bits per heavy atom. The molecule has 0 bridgehead atoms. The maximum Gasteiger partial charge on any atom is 0.234 e. The Kier molecular flexibility index (Phi) is 111. The van der Waals surface area contributed by atoms with Crippen LogP contribution in [-0.4, -0.2) is 64.0 Å². The average Bonchev–Trinajstić information content (AvgIpc) is 2.31. The largest absolute Gasteiger partial charge is 0.464 e. The van der Waals surface area contributed by atoms with Gasteiger partial charge in [-0.2, -0.15) is 13.9 Å². The normalized spacial score (nSPS) is 8.37. The van der Waals surface area contributed by atoms with Crippen molar-refractivity contribution >= 4 is 130 Å². The lowest BCUT2D eigenvalue weighted by atomic mass is 10.1. The van der Waals surface area contributed by atoms with Crippen molar-refractivity contribution in [3.05, 3.63) is 222 Å². The number of carbonyl (C=O) groups is 1. The molecular formula is C75H118N14O3S5. The SMILES string of the molecule is C/C=C\N=N.C1=Cc2ccccc2C1.CC.CC.CC.CC.CC.CC.CC.CC.CC.CC.CC.CC=NC=N.NC=NC=O.c1ccc2occc2c1.c1ccc2sccc2c1.c1ccc2scnc2c1.c1ccc2sncc2c1.c1conn1.c1csnn1.c1ncsn1. The number of nitrogens with two attached hydrogens (primary N) is 1. The molecule has 0 unspecified atom stereocenters. The third kappa shape index (κ3) is 67.0. The van der Waals surface area contributed by atoms with Crippen molar-refractivity contribution in [1.82, 2.24) is 38.7 Å². The molecule has 4 N–H and O–H groups in total. The van der Waals surface area contributed by atoms with Crippen molar-refractivity contribution in [3.63, 3.8) is 0 Å². The lowest BCUT2D eigenvalue weighted by Gasteiger charge is -1.93. The van der Waals surface area contributed by atoms with Gasteiger partial charge in [0.2, 0.25) is 6.41 Å². The van der Waals surface area contributed by atoms with Gasteiger partial charge >= 0.3 is 0 Å². The third-order valence-electron chi connectivity index (χ3n) is 8.35. The number of nitrogens with zero attached hydrogens (tertiary/aromatic N) is 11. The molecule has 13 rings (SSSR count). The number of hydrogen-bond donors (Lipinski definition) is 3. The molecule has 1 aliphatic rings. The average molecular weight is 1420 g/mol. The first-order chi connectivity index (χ1) is 48.1. The zero-order valence-corrected chi connectivity index (χ0v) is 66.6. The number of amides is 1. The number of aliphatic imine (C=N–C) groups is 2. The Bertz CT molecular complexity index is 2820. The van der Waals surface area contributed by atoms with Crippen LogP contribution in [0.25, 0.3) is 47.4 Å². The van der Waals surface area contributed by atoms with E-state index in [-0.39, 0.29) is 0 Å². The number of aromatic nitrogens is 8. The topological polar surface area (TPSA) is 257 Å². The third-order valence-corrected chi connectivity index (χ3v) is 11.7. The minimum absolute atomic E-state index is 0.375. The first-order valence-electron chi connectivity index (χ1n) is 33.0. The standard InChI is InChI=1S/C9H8.C8H6O.C8H6S.2C7H5NS.2C3H6N2.C2H2N2O.C2H4N2O.2C2H2N2S.11C2H6/c1-2-5-9-7-3-6-8(9)4-1;2*1-2-4-8-7(3-1)5-6-9-8;1-2-4-7-6(3-1)8-5-9-7;1-2-4-7-6(3-1)5-8-9-7;1-2-5-3-4;1-2-3-5-4;1-2-5-4-3-1;3-1-4-2-5;1-3-2-5-4-1;1-2-5-4-3-1;11*1-2/h1-6H,7H2;2*1-6H;2*1-5H;2*2-4H,1H3;1-2H;1-2H,(H2,3,4,5);2*1-2H;11*1-2H3/b;;;;;;3-2-,5-4?;;;;;;;;;;;;;;;. The van der Waals surface area contributed by atoms with Gasteiger partial charge in [-0.1, -0.05) is 266 Å². The molecule has 0 saturated heterocycles. The van der Waals surface area contributed by atoms with Crippen LogP contribution in [0.1, 0.15) is 177 Å². The molecule has 12 aromatic rings. The summed E-state index contributed by atoms with van der Waals surface area (Å²) in [5.74, 6) is 0. The number of furan rings is 1. The van der Waals surface area contributed by atoms with Crippen molar-refractivity contribution in [2.45, 2.75) is 173 Å². The summed E-state index contributed by atoms with van der Waals surface area (Å²) in [6.07, 6.45) is 22.1. The highest BCUT2D eigenvalue weighted by atomic mass is 32.1. The Labute approximate surface area is 604 Å². The second kappa shape index (κ2) is 101. The highest BCUT2D eigenvalue weighted by Crippen LogP contribution is 2.20. The van der Waals surface area contributed by atoms with Gasteiger partial charge in [-0.3, -0.25) is 15.2 Å². The molecule has 7 heterocycles. The van der Waals surface area contributed by atoms with Crippen LogP contribution >= 0.6 is 57.3 Å². The van der Waals surface area contributed by atoms with E-state index >= 15 is 0 Å². The summed E-state index contributed by atoms with van der Waals surface area (Å²) >= 11 is 7.70. The van der Waals surface area contributed by atoms with Gasteiger partial charge in [0.15, 0.2) is 0 Å². The van der Waals surface area contributed by atoms with Gasteiger partial charge in [-0.15, -0.1) is 32.9 Å². The number of thiazole rings is 1. The van der Waals surface area contributed by atoms with Gasteiger partial charge < -0.3 is 14.7 Å². The molecule has 0 saturated carbocycles. The number of para-hydroxylation sites is 2. The van der Waals surface area contributed by atoms with E-state index < -0.39 is 0 Å². The van der Waals surface area contributed by atoms with Crippen molar-refractivity contribution in [2.75, 3.05) is 0 Å². The zero-order chi connectivity index (χ0) is 75.5. The van der Waals surface area contributed by atoms with E-state index in [4.69, 9.17) is 20.2 Å². The van der Waals surface area contributed by atoms with E-state index in [0.717, 1.165) is 35.6 Å². The van der Waals surface area contributed by atoms with Crippen LogP contribution in [0.15, 0.2) is 235 Å². The summed E-state index contributed by atoms with van der Waals surface area (Å²) in [4.78, 5) is 23.2. The molecule has 0 atom stereocenters. The van der Waals surface area contributed by atoms with Crippen molar-refractivity contribution in [3.8, 4) is 0 Å². The molecule has 0 radical (unpaired) electrons. The highest BCUT2D eigenvalue weighted by molar-refractivity contribution is 7.17. The molecule has 1 aliphatic carbocycles. The maximum absolute atomic E-state index is 9.13. The number of thiophene rings is 1. The van der Waals surface area contributed by atoms with Gasteiger partial charge in [0.25, 0.3) is 0 Å². The molecule has 7 aromatic heterocycles. The number of allylic oxidation sites excluding steroid dienone is 2. The molecule has 97 heavy (non-hydrogen) atoms. The molecule has 0 spiro atoms. The van der Waals surface area contributed by atoms with Crippen LogP contribution in [-0.2, 0) is 11.2 Å². The van der Waals surface area contributed by atoms with E-state index in [1.807, 2.05) is 237 Å². The second-order valence-electron chi connectivity index (χ2n) is 13.2. The number of hydrogen-bond acceptors (Lipinski definition) is 19. The lowest BCUT2D eigenvalue weighted by molar-refractivity contribution is -0.106. The van der Waals surface area contributed by atoms with E-state index in [0.29, 0.717) is 6.41 Å². The second-order valence-corrected chi connectivity index (χ2v) is 17.2. The predicted molar refractivity (Wildman–Crippen MR) is 437 cm³/mol. The smallest absolute Gasteiger partial charge is 0.234 e. The highest BCUT2D eigenvalue weighted by Gasteiger charge is 2.00. The Balaban J connectivity index is -0.000000123. The van der Waals surface area contributed by atoms with E-state index in [2.05, 4.69) is 154 Å². The van der Waals surface area contributed by atoms with Gasteiger partial charge in [-0.25, -0.2) is 20.5 Å². The zero-order valence-electron chi connectivity index (χ0n) is 62.6. The molecule has 1 amide bonds. The summed E-state index contributed by atoms with van der Waals surface area (Å²) in [6.45, 7) is 47.6. The summed E-state index contributed by atoms with van der Waals surface area (Å²) in [6, 6.07) is 45.3. The number of benzene rings is 5. The number of rotatable bonds is 3. The fraction of sp³-hybridized carbons (Fsp3) is 0.333. The molecular weight excluding hydrogens is 1310 g/mol. The van der Waals surface area contributed by atoms with E-state index in [1.54, 1.807) is 59.9 Å². The van der Waals surface area contributed by atoms with Crippen molar-refractivity contribution in [1.29, 1.82) is 10.9 Å². The number of fused-ring (bicyclic) bond motifs is 5. The Hall–Kier alpha value is -8.80. The number of carbonyl (C=O) groups excluding carboxylic acids is 1. The predicted octanol–water partition coefficient (Wildman–Crippen LogP) is 26.0. The molecule has 22 heteroatoms. The molecule has 536 valence electrons. The van der Waals surface area contributed by atoms with Gasteiger partial charge in [0.05, 0.1) is 45.4 Å².